The van der Waals surface area contributed by atoms with Crippen LogP contribution in [0.1, 0.15) is 127 Å². The van der Waals surface area contributed by atoms with Crippen molar-refractivity contribution < 1.29 is 88.7 Å². The molecular weight excluding hydrogens is 1140 g/mol. The number of Topliss-reactive ketones (excluding diaryl/α,β-unsaturated/α-hetero) is 1. The first-order valence-corrected chi connectivity index (χ1v) is 28.6. The number of halogens is 2. The van der Waals surface area contributed by atoms with Crippen LogP contribution in [-0.4, -0.2) is 132 Å². The van der Waals surface area contributed by atoms with Gasteiger partial charge in [-0.05, 0) is 121 Å². The fourth-order valence-electron chi connectivity index (χ4n) is 8.88. The molecule has 6 fully saturated rings. The van der Waals surface area contributed by atoms with Gasteiger partial charge in [-0.25, -0.2) is 0 Å². The van der Waals surface area contributed by atoms with Gasteiger partial charge < -0.3 is 59.0 Å². The Morgan fingerprint density at radius 3 is 1.09 bits per heavy atom. The van der Waals surface area contributed by atoms with Crippen LogP contribution >= 0.6 is 12.4 Å². The number of aryl methyl sites for hydroxylation is 3. The molecule has 2 spiro atoms. The average molecular weight is 1220 g/mol. The number of terminal acetylenes is 2. The van der Waals surface area contributed by atoms with Crippen molar-refractivity contribution in [3.05, 3.63) is 95.9 Å². The number of hydrogen-bond donors (Lipinski definition) is 2. The van der Waals surface area contributed by atoms with Crippen molar-refractivity contribution in [3.63, 3.8) is 0 Å². The summed E-state index contributed by atoms with van der Waals surface area (Å²) >= 11 is 0. The quantitative estimate of drug-likeness (QED) is 0.122. The van der Waals surface area contributed by atoms with Gasteiger partial charge >= 0.3 is 23.1 Å². The van der Waals surface area contributed by atoms with E-state index in [9.17, 15) is 40.3 Å². The molecule has 9 rings (SSSR count). The summed E-state index contributed by atoms with van der Waals surface area (Å²) in [7, 11) is -11.2. The third-order valence-corrected chi connectivity index (χ3v) is 17.4. The van der Waals surface area contributed by atoms with Crippen LogP contribution in [0.4, 0.5) is 0 Å². The number of aliphatic hydroxyl groups excluding tert-OH is 1. The zero-order valence-corrected chi connectivity index (χ0v) is 49.1. The molecule has 420 valence electrons. The molecule has 4 aliphatic carbocycles. The third kappa shape index (κ3) is 21.8. The summed E-state index contributed by atoms with van der Waals surface area (Å²) in [6, 6.07) is 19.8. The van der Waals surface area contributed by atoms with Gasteiger partial charge in [0.25, 0.3) is 30.4 Å². The number of rotatable bonds is 9. The minimum atomic E-state index is -3.75. The van der Waals surface area contributed by atoms with Crippen LogP contribution in [0.5, 0.6) is 0 Å². The monoisotopic (exact) mass is 1210 g/mol. The van der Waals surface area contributed by atoms with E-state index in [0.717, 1.165) is 55.6 Å². The van der Waals surface area contributed by atoms with Gasteiger partial charge in [-0.3, -0.25) is 17.3 Å². The first-order chi connectivity index (χ1) is 34.1. The Kier molecular flexibility index (Phi) is 30.7. The predicted octanol–water partition coefficient (Wildman–Crippen LogP) is 5.16. The molecule has 2 N–H and O–H groups in total. The molecule has 0 radical (unpaired) electrons. The van der Waals surface area contributed by atoms with Crippen molar-refractivity contribution in [2.45, 2.75) is 187 Å². The number of hydrogen-bond acceptors (Lipinski definition) is 16. The summed E-state index contributed by atoms with van der Waals surface area (Å²) in [5, 5.41) is 19.1. The number of carbonyl (C=O) groups excluding carboxylic acids is 1. The molecule has 0 aromatic heterocycles. The number of aliphatic hydroxyl groups is 2. The molecule has 76 heavy (non-hydrogen) atoms. The molecule has 0 amide bonds. The first-order valence-electron chi connectivity index (χ1n) is 24.4. The Morgan fingerprint density at radius 2 is 0.803 bits per heavy atom. The Bertz CT molecular complexity index is 2580. The number of ether oxygens (including phenoxy) is 4. The average Bonchev–Trinajstić information content (AvgIpc) is 4.04. The summed E-state index contributed by atoms with van der Waals surface area (Å²) in [5.41, 5.74) is 1.88. The fourth-order valence-corrected chi connectivity index (χ4v) is 12.3. The second kappa shape index (κ2) is 32.7. The molecule has 0 bridgehead atoms. The van der Waals surface area contributed by atoms with E-state index in [1.165, 1.54) is 12.1 Å². The summed E-state index contributed by atoms with van der Waals surface area (Å²) in [6.45, 7) is 8.37. The number of benzene rings is 3. The Morgan fingerprint density at radius 1 is 0.539 bits per heavy atom. The van der Waals surface area contributed by atoms with E-state index in [-0.39, 0.29) is 104 Å². The smallest absolute Gasteiger partial charge is 1.00 e. The zero-order chi connectivity index (χ0) is 52.6. The molecule has 3 aromatic rings. The Balaban J connectivity index is 0.000000501. The van der Waals surface area contributed by atoms with Crippen LogP contribution in [0.15, 0.2) is 87.5 Å². The molecule has 0 atom stereocenters. The fraction of sp³-hybridized carbons (Fsp3) is 0.574. The predicted molar refractivity (Wildman–Crippen MR) is 286 cm³/mol. The SMILES string of the molecule is C.C#CC1(O)CCC(OS(=O)(=O)c2ccc(C)cc2)CC1.Cc1ccc(S(=O)(=O)OC2CCC(=O)CC2)cc1.Cc1ccc(S(=O)(=O)OC2CCC3(CC2)OCCO3)cc1.Cl.OC1CCC2(CC1)OCCO2.[Br-].[C-]#C.[Mg+2]. The topological polar surface area (TPSA) is 225 Å². The van der Waals surface area contributed by atoms with E-state index in [4.69, 9.17) is 44.3 Å². The maximum Gasteiger partial charge on any atom is 2.00 e. The van der Waals surface area contributed by atoms with E-state index >= 15 is 0 Å². The molecule has 3 aromatic carbocycles. The summed E-state index contributed by atoms with van der Waals surface area (Å²) < 4.78 is 111. The largest absolute Gasteiger partial charge is 2.00 e. The Labute approximate surface area is 485 Å². The van der Waals surface area contributed by atoms with Crippen LogP contribution in [0.2, 0.25) is 0 Å². The van der Waals surface area contributed by atoms with Crippen molar-refractivity contribution in [3.8, 4) is 18.8 Å². The van der Waals surface area contributed by atoms with Crippen molar-refractivity contribution in [1.82, 2.24) is 0 Å². The third-order valence-electron chi connectivity index (χ3n) is 13.3. The van der Waals surface area contributed by atoms with Gasteiger partial charge in [-0.15, -0.1) is 18.8 Å². The molecule has 4 saturated carbocycles. The summed E-state index contributed by atoms with van der Waals surface area (Å²) in [6.07, 6.45) is 22.4. The molecule has 2 heterocycles. The molecule has 2 saturated heterocycles. The van der Waals surface area contributed by atoms with E-state index in [0.29, 0.717) is 90.3 Å². The van der Waals surface area contributed by atoms with Crippen molar-refractivity contribution in [2.24, 2.45) is 0 Å². The van der Waals surface area contributed by atoms with Crippen molar-refractivity contribution >= 4 is 71.6 Å². The first kappa shape index (κ1) is 71.5. The number of carbonyl (C=O) groups is 1. The second-order valence-electron chi connectivity index (χ2n) is 18.8. The number of ketones is 1. The van der Waals surface area contributed by atoms with Crippen LogP contribution in [0.3, 0.4) is 0 Å². The second-order valence-corrected chi connectivity index (χ2v) is 23.6. The van der Waals surface area contributed by atoms with Gasteiger partial charge in [-0.1, -0.05) is 66.4 Å². The minimum Gasteiger partial charge on any atom is -1.00 e. The van der Waals surface area contributed by atoms with E-state index < -0.39 is 47.8 Å². The zero-order valence-electron chi connectivity index (χ0n) is 42.9. The maximum absolute atomic E-state index is 12.2. The summed E-state index contributed by atoms with van der Waals surface area (Å²) in [5.74, 6) is 1.74. The van der Waals surface area contributed by atoms with Crippen LogP contribution in [-0.2, 0) is 66.6 Å². The van der Waals surface area contributed by atoms with E-state index in [1.54, 1.807) is 60.7 Å². The summed E-state index contributed by atoms with van der Waals surface area (Å²) in [4.78, 5) is 11.6. The molecule has 16 nitrogen and oxygen atoms in total. The van der Waals surface area contributed by atoms with Gasteiger partial charge in [-0.2, -0.15) is 25.3 Å². The minimum absolute atomic E-state index is 0. The normalized spacial score (nSPS) is 22.9. The van der Waals surface area contributed by atoms with Gasteiger partial charge in [0.2, 0.25) is 0 Å². The Hall–Kier alpha value is -2.52. The molecule has 2 aliphatic heterocycles. The maximum atomic E-state index is 12.2. The van der Waals surface area contributed by atoms with Gasteiger partial charge in [0, 0.05) is 38.5 Å². The van der Waals surface area contributed by atoms with Crippen LogP contribution < -0.4 is 17.0 Å². The standard InChI is InChI=1S/C15H20O5S.C15H18O4S.C13H16O4S.C8H14O3.C2H.CH4.BrH.ClH.Mg/c1-12-2-4-14(5-3-12)21(16,17)20-13-6-8-15(9-7-13)18-10-11-19-15;1-3-15(16)10-8-13(9-11-15)19-20(17,18)14-6-4-12(2)5-7-14;1-10-2-8-13(9-3-10)18(15,16)17-12-6-4-11(14)5-7-12;9-7-1-3-8(4-2-7)10-5-6-11-8;1-2;;;;/h2-5,13H,6-11H2,1H3;1,4-7,13,16H,8-11H2,2H3;2-3,8-9,12H,4-7H2,1H3;7,9H,1-6H2;1H;1H4;2*1H;/q;;;;-1;;;;+2/p-1. The van der Waals surface area contributed by atoms with E-state index in [2.05, 4.69) is 12.3 Å². The van der Waals surface area contributed by atoms with Crippen LogP contribution in [0.25, 0.3) is 0 Å². The van der Waals surface area contributed by atoms with Crippen LogP contribution in [0, 0.1) is 46.0 Å². The molecule has 0 unspecified atom stereocenters. The van der Waals surface area contributed by atoms with E-state index in [1.807, 2.05) is 20.8 Å². The van der Waals surface area contributed by atoms with Crippen molar-refractivity contribution in [2.75, 3.05) is 26.4 Å². The molecule has 22 heteroatoms. The van der Waals surface area contributed by atoms with Gasteiger partial charge in [0.05, 0.1) is 65.5 Å². The van der Waals surface area contributed by atoms with Gasteiger partial charge in [0.1, 0.15) is 11.4 Å². The molecule has 6 aliphatic rings. The molecular formula is C54H74BrClMgO16S3. The van der Waals surface area contributed by atoms with Gasteiger partial charge in [0.15, 0.2) is 11.6 Å². The van der Waals surface area contributed by atoms with Crippen molar-refractivity contribution in [1.29, 1.82) is 0 Å².